The van der Waals surface area contributed by atoms with Crippen molar-refractivity contribution in [3.8, 4) is 6.07 Å². The number of aliphatic hydroxyl groups excluding tert-OH is 2. The van der Waals surface area contributed by atoms with Gasteiger partial charge in [-0.3, -0.25) is 0 Å². The molecule has 9 nitrogen and oxygen atoms in total. The first kappa shape index (κ1) is 13.7. The number of nitrogen functional groups attached to an aromatic ring is 1. The molecule has 1 aliphatic rings. The number of aromatic nitrogens is 3. The second-order valence-corrected chi connectivity index (χ2v) is 4.82. The highest BCUT2D eigenvalue weighted by Crippen LogP contribution is 2.40. The third-order valence-corrected chi connectivity index (χ3v) is 3.65. The first-order valence-electron chi connectivity index (χ1n) is 6.15. The summed E-state index contributed by atoms with van der Waals surface area (Å²) in [4.78, 5) is 3.83. The molecule has 0 aromatic carbocycles. The van der Waals surface area contributed by atoms with Gasteiger partial charge in [0, 0.05) is 0 Å². The topological polar surface area (TPSA) is 150 Å². The van der Waals surface area contributed by atoms with Crippen LogP contribution in [0.4, 0.5) is 5.82 Å². The Morgan fingerprint density at radius 3 is 2.90 bits per heavy atom. The normalized spacial score (nSPS) is 32.4. The summed E-state index contributed by atoms with van der Waals surface area (Å²) in [6.07, 6.45) is -2.86. The molecular weight excluding hydrogens is 278 g/mol. The molecule has 0 aliphatic carbocycles. The minimum Gasteiger partial charge on any atom is -0.387 e. The highest BCUT2D eigenvalue weighted by molar-refractivity contribution is 5.65. The van der Waals surface area contributed by atoms with E-state index in [4.69, 9.17) is 15.7 Å². The van der Waals surface area contributed by atoms with Crippen LogP contribution in [0.5, 0.6) is 0 Å². The van der Waals surface area contributed by atoms with Crippen molar-refractivity contribution in [2.75, 3.05) is 12.3 Å². The Labute approximate surface area is 118 Å². The number of hydrogen-bond acceptors (Lipinski definition) is 7. The molecule has 1 radical (unpaired) electrons. The lowest BCUT2D eigenvalue weighted by molar-refractivity contribution is -0.0895. The Kier molecular flexibility index (Phi) is 3.03. The van der Waals surface area contributed by atoms with E-state index in [0.717, 1.165) is 0 Å². The summed E-state index contributed by atoms with van der Waals surface area (Å²) in [5, 5.41) is 44.3. The minimum atomic E-state index is -1.98. The monoisotopic (exact) mass is 290 g/mol. The van der Waals surface area contributed by atoms with Gasteiger partial charge >= 0.3 is 0 Å². The van der Waals surface area contributed by atoms with Crippen LogP contribution in [-0.4, -0.2) is 49.2 Å². The number of hydrogen-bond donors (Lipinski definition) is 3. The van der Waals surface area contributed by atoms with Gasteiger partial charge in [-0.15, -0.1) is 0 Å². The van der Waals surface area contributed by atoms with Crippen LogP contribution in [0.15, 0.2) is 18.5 Å². The molecule has 1 fully saturated rings. The molecule has 0 bridgehead atoms. The maximum absolute atomic E-state index is 11.2. The number of nitrogens with two attached hydrogens (primary N) is 1. The zero-order chi connectivity index (χ0) is 15.2. The van der Waals surface area contributed by atoms with Gasteiger partial charge in [-0.25, -0.2) is 14.6 Å². The van der Waals surface area contributed by atoms with Gasteiger partial charge in [-0.05, 0) is 12.1 Å². The van der Waals surface area contributed by atoms with E-state index in [2.05, 4.69) is 10.1 Å². The van der Waals surface area contributed by atoms with Gasteiger partial charge in [0.05, 0.1) is 5.69 Å². The minimum absolute atomic E-state index is 0.236. The second kappa shape index (κ2) is 4.64. The van der Waals surface area contributed by atoms with Gasteiger partial charge in [0.2, 0.25) is 5.60 Å². The van der Waals surface area contributed by atoms with Gasteiger partial charge in [-0.1, -0.05) is 0 Å². The van der Waals surface area contributed by atoms with Gasteiger partial charge < -0.3 is 20.7 Å². The Morgan fingerprint density at radius 1 is 1.52 bits per heavy atom. The van der Waals surface area contributed by atoms with E-state index in [0.29, 0.717) is 11.2 Å². The lowest BCUT2D eigenvalue weighted by Crippen LogP contribution is -2.44. The fourth-order valence-corrected chi connectivity index (χ4v) is 2.48. The number of aliphatic hydroxyl groups is 2. The zero-order valence-corrected chi connectivity index (χ0v) is 10.7. The van der Waals surface area contributed by atoms with Gasteiger partial charge in [0.15, 0.2) is 5.82 Å². The SMILES string of the molecule is N#C[C@]1(C[O])O[C@@H](c2ccc3c(N)ncnn23)[C@H](O)[C@@H]1O. The number of rotatable bonds is 2. The van der Waals surface area contributed by atoms with Crippen LogP contribution in [-0.2, 0) is 9.84 Å². The van der Waals surface area contributed by atoms with Crippen molar-refractivity contribution in [1.82, 2.24) is 14.6 Å². The van der Waals surface area contributed by atoms with Crippen molar-refractivity contribution in [1.29, 1.82) is 5.26 Å². The van der Waals surface area contributed by atoms with Crippen molar-refractivity contribution in [3.05, 3.63) is 24.2 Å². The van der Waals surface area contributed by atoms with E-state index in [1.54, 1.807) is 18.2 Å². The Balaban J connectivity index is 2.08. The molecule has 0 saturated carbocycles. The molecule has 109 valence electrons. The van der Waals surface area contributed by atoms with Crippen molar-refractivity contribution >= 4 is 11.3 Å². The smallest absolute Gasteiger partial charge is 0.209 e. The summed E-state index contributed by atoms with van der Waals surface area (Å²) < 4.78 is 6.76. The Bertz CT molecular complexity index is 726. The van der Waals surface area contributed by atoms with Crippen molar-refractivity contribution < 1.29 is 20.1 Å². The Hall–Kier alpha value is -2.25. The third-order valence-electron chi connectivity index (χ3n) is 3.65. The molecule has 4 N–H and O–H groups in total. The molecule has 0 unspecified atom stereocenters. The van der Waals surface area contributed by atoms with E-state index >= 15 is 0 Å². The van der Waals surface area contributed by atoms with E-state index in [1.807, 2.05) is 0 Å². The van der Waals surface area contributed by atoms with Gasteiger partial charge in [0.25, 0.3) is 0 Å². The van der Waals surface area contributed by atoms with Crippen LogP contribution in [0.1, 0.15) is 11.8 Å². The average Bonchev–Trinajstić information content (AvgIpc) is 3.02. The quantitative estimate of drug-likeness (QED) is 0.628. The maximum Gasteiger partial charge on any atom is 0.209 e. The fraction of sp³-hybridized carbons (Fsp3) is 0.417. The number of ether oxygens (including phenoxy) is 1. The highest BCUT2D eigenvalue weighted by Gasteiger charge is 2.56. The Morgan fingerprint density at radius 2 is 2.29 bits per heavy atom. The average molecular weight is 290 g/mol. The van der Waals surface area contributed by atoms with Gasteiger partial charge in [0.1, 0.15) is 42.8 Å². The van der Waals surface area contributed by atoms with Crippen LogP contribution < -0.4 is 5.73 Å². The van der Waals surface area contributed by atoms with Crippen LogP contribution in [0, 0.1) is 11.3 Å². The summed E-state index contributed by atoms with van der Waals surface area (Å²) in [5.74, 6) is 0.236. The summed E-state index contributed by atoms with van der Waals surface area (Å²) in [5.41, 5.74) is 4.60. The zero-order valence-electron chi connectivity index (χ0n) is 10.7. The van der Waals surface area contributed by atoms with E-state index in [-0.39, 0.29) is 5.82 Å². The molecular formula is C12H12N5O4. The molecule has 1 saturated heterocycles. The lowest BCUT2D eigenvalue weighted by Gasteiger charge is -2.20. The van der Waals surface area contributed by atoms with Crippen LogP contribution in [0.25, 0.3) is 5.52 Å². The van der Waals surface area contributed by atoms with Crippen LogP contribution >= 0.6 is 0 Å². The molecule has 3 heterocycles. The van der Waals surface area contributed by atoms with E-state index in [9.17, 15) is 15.3 Å². The highest BCUT2D eigenvalue weighted by atomic mass is 16.6. The van der Waals surface area contributed by atoms with E-state index in [1.165, 1.54) is 10.8 Å². The first-order chi connectivity index (χ1) is 10.0. The van der Waals surface area contributed by atoms with Crippen molar-refractivity contribution in [2.45, 2.75) is 23.9 Å². The van der Waals surface area contributed by atoms with Crippen LogP contribution in [0.2, 0.25) is 0 Å². The first-order valence-corrected chi connectivity index (χ1v) is 6.15. The molecule has 2 aromatic heterocycles. The molecule has 1 aliphatic heterocycles. The summed E-state index contributed by atoms with van der Waals surface area (Å²) in [6.45, 7) is -0.987. The van der Waals surface area contributed by atoms with Crippen molar-refractivity contribution in [3.63, 3.8) is 0 Å². The molecule has 4 atom stereocenters. The molecule has 2 aromatic rings. The predicted octanol–water partition coefficient (Wildman–Crippen LogP) is -1.20. The van der Waals surface area contributed by atoms with Crippen LogP contribution in [0.3, 0.4) is 0 Å². The lowest BCUT2D eigenvalue weighted by atomic mass is 9.96. The van der Waals surface area contributed by atoms with Crippen molar-refractivity contribution in [2.24, 2.45) is 0 Å². The molecule has 0 amide bonds. The molecule has 21 heavy (non-hydrogen) atoms. The largest absolute Gasteiger partial charge is 0.387 e. The summed E-state index contributed by atoms with van der Waals surface area (Å²) >= 11 is 0. The summed E-state index contributed by atoms with van der Waals surface area (Å²) in [7, 11) is 0. The molecule has 9 heteroatoms. The predicted molar refractivity (Wildman–Crippen MR) is 67.1 cm³/mol. The molecule has 0 spiro atoms. The maximum atomic E-state index is 11.2. The number of nitrogens with zero attached hydrogens (tertiary/aromatic N) is 4. The third kappa shape index (κ3) is 1.78. The number of fused-ring (bicyclic) bond motifs is 1. The van der Waals surface area contributed by atoms with Gasteiger partial charge in [-0.2, -0.15) is 10.4 Å². The van der Waals surface area contributed by atoms with E-state index < -0.39 is 30.5 Å². The number of nitriles is 1. The number of anilines is 1. The summed E-state index contributed by atoms with van der Waals surface area (Å²) in [6, 6.07) is 4.85. The standard InChI is InChI=1S/C12H12N5O4/c13-3-12(4-18)10(20)8(19)9(21-12)6-1-2-7-11(14)15-5-16-17(6)7/h1-2,5,8-10,19-20H,4H2,(H2,14,15,16)/t8-,9-,10-,12+/m0/s1. The fourth-order valence-electron chi connectivity index (χ4n) is 2.48. The second-order valence-electron chi connectivity index (χ2n) is 4.82. The molecule has 3 rings (SSSR count).